The van der Waals surface area contributed by atoms with Crippen LogP contribution in [-0.4, -0.2) is 44.4 Å². The highest BCUT2D eigenvalue weighted by Gasteiger charge is 2.06. The predicted octanol–water partition coefficient (Wildman–Crippen LogP) is 2.47. The summed E-state index contributed by atoms with van der Waals surface area (Å²) in [5, 5.41) is 6.44. The van der Waals surface area contributed by atoms with Gasteiger partial charge >= 0.3 is 0 Å². The number of ether oxygens (including phenoxy) is 3. The molecule has 2 N–H and O–H groups in total. The highest BCUT2D eigenvalue weighted by Crippen LogP contribution is 2.27. The van der Waals surface area contributed by atoms with Gasteiger partial charge in [-0.2, -0.15) is 4.98 Å². The van der Waals surface area contributed by atoms with E-state index in [2.05, 4.69) is 20.6 Å². The van der Waals surface area contributed by atoms with Gasteiger partial charge in [0, 0.05) is 32.0 Å². The highest BCUT2D eigenvalue weighted by atomic mass is 16.5. The number of aryl methyl sites for hydroxylation is 1. The van der Waals surface area contributed by atoms with Gasteiger partial charge in [0.15, 0.2) is 11.5 Å². The molecule has 0 bridgehead atoms. The molecular weight excluding hydrogens is 308 g/mol. The third-order valence-electron chi connectivity index (χ3n) is 3.37. The second-order valence-corrected chi connectivity index (χ2v) is 5.18. The van der Waals surface area contributed by atoms with Crippen LogP contribution in [0.5, 0.6) is 11.5 Å². The zero-order valence-corrected chi connectivity index (χ0v) is 14.5. The van der Waals surface area contributed by atoms with Crippen molar-refractivity contribution in [2.75, 3.05) is 45.1 Å². The average Bonchev–Trinajstić information content (AvgIpc) is 2.59. The van der Waals surface area contributed by atoms with Crippen molar-refractivity contribution in [3.8, 4) is 11.5 Å². The van der Waals surface area contributed by atoms with Crippen molar-refractivity contribution in [1.29, 1.82) is 0 Å². The Bertz CT molecular complexity index is 664. The summed E-state index contributed by atoms with van der Waals surface area (Å²) in [6, 6.07) is 7.72. The van der Waals surface area contributed by atoms with Gasteiger partial charge in [-0.15, -0.1) is 0 Å². The van der Waals surface area contributed by atoms with Crippen LogP contribution in [0.25, 0.3) is 0 Å². The van der Waals surface area contributed by atoms with Crippen molar-refractivity contribution in [3.05, 3.63) is 35.5 Å². The van der Waals surface area contributed by atoms with Crippen LogP contribution in [0, 0.1) is 6.92 Å². The van der Waals surface area contributed by atoms with Crippen LogP contribution in [0.3, 0.4) is 0 Å². The van der Waals surface area contributed by atoms with Crippen LogP contribution < -0.4 is 20.1 Å². The molecule has 0 unspecified atom stereocenters. The number of hydrogen-bond acceptors (Lipinski definition) is 7. The summed E-state index contributed by atoms with van der Waals surface area (Å²) in [5.41, 5.74) is 1.96. The molecule has 2 rings (SSSR count). The number of anilines is 2. The Balaban J connectivity index is 2.03. The summed E-state index contributed by atoms with van der Waals surface area (Å²) in [4.78, 5) is 8.81. The predicted molar refractivity (Wildman–Crippen MR) is 94.0 cm³/mol. The number of nitrogens with one attached hydrogen (secondary N) is 2. The first-order valence-corrected chi connectivity index (χ1v) is 7.69. The normalized spacial score (nSPS) is 10.3. The van der Waals surface area contributed by atoms with E-state index in [9.17, 15) is 0 Å². The van der Waals surface area contributed by atoms with Gasteiger partial charge in [-0.1, -0.05) is 6.07 Å². The summed E-state index contributed by atoms with van der Waals surface area (Å²) >= 11 is 0. The molecule has 0 aliphatic carbocycles. The molecule has 0 spiro atoms. The minimum Gasteiger partial charge on any atom is -0.493 e. The third kappa shape index (κ3) is 4.99. The number of rotatable bonds is 9. The molecule has 0 aliphatic heterocycles. The molecule has 0 atom stereocenters. The first kappa shape index (κ1) is 17.8. The molecule has 0 fully saturated rings. The summed E-state index contributed by atoms with van der Waals surface area (Å²) in [6.45, 7) is 3.82. The van der Waals surface area contributed by atoms with Gasteiger partial charge in [-0.05, 0) is 24.6 Å². The van der Waals surface area contributed by atoms with Gasteiger partial charge in [-0.3, -0.25) is 0 Å². The van der Waals surface area contributed by atoms with Crippen LogP contribution in [-0.2, 0) is 11.3 Å². The summed E-state index contributed by atoms with van der Waals surface area (Å²) in [6.07, 6.45) is 0. The van der Waals surface area contributed by atoms with Gasteiger partial charge in [0.05, 0.1) is 20.8 Å². The van der Waals surface area contributed by atoms with Crippen LogP contribution in [0.15, 0.2) is 24.3 Å². The van der Waals surface area contributed by atoms with E-state index < -0.39 is 0 Å². The molecule has 0 saturated carbocycles. The Hall–Kier alpha value is -2.54. The highest BCUT2D eigenvalue weighted by molar-refractivity contribution is 5.46. The fourth-order valence-electron chi connectivity index (χ4n) is 2.19. The molecule has 1 aromatic heterocycles. The molecule has 2 aromatic rings. The molecule has 1 heterocycles. The number of benzene rings is 1. The van der Waals surface area contributed by atoms with Gasteiger partial charge in [-0.25, -0.2) is 4.98 Å². The molecule has 1 aromatic carbocycles. The number of hydrogen-bond donors (Lipinski definition) is 2. The van der Waals surface area contributed by atoms with E-state index in [0.29, 0.717) is 37.1 Å². The number of methoxy groups -OCH3 is 3. The number of nitrogens with zero attached hydrogens (tertiary/aromatic N) is 2. The molecule has 7 nitrogen and oxygen atoms in total. The fraction of sp³-hybridized carbons (Fsp3) is 0.412. The van der Waals surface area contributed by atoms with Gasteiger partial charge in [0.25, 0.3) is 0 Å². The van der Waals surface area contributed by atoms with Crippen LogP contribution in [0.2, 0.25) is 0 Å². The maximum absolute atomic E-state index is 5.32. The van der Waals surface area contributed by atoms with Crippen LogP contribution >= 0.6 is 0 Å². The van der Waals surface area contributed by atoms with Crippen molar-refractivity contribution in [2.45, 2.75) is 13.5 Å². The summed E-state index contributed by atoms with van der Waals surface area (Å²) < 4.78 is 15.6. The van der Waals surface area contributed by atoms with Crippen LogP contribution in [0.1, 0.15) is 11.3 Å². The van der Waals surface area contributed by atoms with E-state index in [-0.39, 0.29) is 0 Å². The monoisotopic (exact) mass is 332 g/mol. The van der Waals surface area contributed by atoms with E-state index >= 15 is 0 Å². The fourth-order valence-corrected chi connectivity index (χ4v) is 2.19. The Morgan fingerprint density at radius 2 is 1.75 bits per heavy atom. The lowest BCUT2D eigenvalue weighted by molar-refractivity contribution is 0.210. The quantitative estimate of drug-likeness (QED) is 0.683. The van der Waals surface area contributed by atoms with Crippen molar-refractivity contribution in [3.63, 3.8) is 0 Å². The molecule has 24 heavy (non-hydrogen) atoms. The van der Waals surface area contributed by atoms with Crippen molar-refractivity contribution < 1.29 is 14.2 Å². The Labute approximate surface area is 142 Å². The second kappa shape index (κ2) is 8.93. The average molecular weight is 332 g/mol. The maximum atomic E-state index is 5.32. The van der Waals surface area contributed by atoms with Crippen LogP contribution in [0.4, 0.5) is 11.8 Å². The first-order valence-electron chi connectivity index (χ1n) is 7.69. The van der Waals surface area contributed by atoms with E-state index in [4.69, 9.17) is 14.2 Å². The Morgan fingerprint density at radius 1 is 0.958 bits per heavy atom. The molecular formula is C17H24N4O3. The largest absolute Gasteiger partial charge is 0.493 e. The van der Waals surface area contributed by atoms with E-state index in [0.717, 1.165) is 17.1 Å². The van der Waals surface area contributed by atoms with Gasteiger partial charge in [0.2, 0.25) is 5.95 Å². The minimum absolute atomic E-state index is 0.585. The topological polar surface area (TPSA) is 77.5 Å². The molecule has 7 heteroatoms. The van der Waals surface area contributed by atoms with Gasteiger partial charge in [0.1, 0.15) is 5.82 Å². The summed E-state index contributed by atoms with van der Waals surface area (Å²) in [5.74, 6) is 2.76. The Kier molecular flexibility index (Phi) is 6.62. The third-order valence-corrected chi connectivity index (χ3v) is 3.37. The lowest BCUT2D eigenvalue weighted by atomic mass is 10.2. The lowest BCUT2D eigenvalue weighted by Crippen LogP contribution is -2.12. The van der Waals surface area contributed by atoms with Crippen molar-refractivity contribution >= 4 is 11.8 Å². The molecule has 0 saturated heterocycles. The van der Waals surface area contributed by atoms with Crippen molar-refractivity contribution in [1.82, 2.24) is 9.97 Å². The standard InChI is InChI=1S/C17H24N4O3/c1-12-9-16(21-17(20-12)18-7-8-22-2)19-11-13-5-6-14(23-3)15(10-13)24-4/h5-6,9-10H,7-8,11H2,1-4H3,(H2,18,19,20,21). The molecule has 0 aliphatic rings. The lowest BCUT2D eigenvalue weighted by Gasteiger charge is -2.12. The summed E-state index contributed by atoms with van der Waals surface area (Å²) in [7, 11) is 4.91. The zero-order valence-electron chi connectivity index (χ0n) is 14.5. The minimum atomic E-state index is 0.585. The first-order chi connectivity index (χ1) is 11.7. The maximum Gasteiger partial charge on any atom is 0.224 e. The smallest absolute Gasteiger partial charge is 0.224 e. The van der Waals surface area contributed by atoms with Crippen molar-refractivity contribution in [2.24, 2.45) is 0 Å². The SMILES string of the molecule is COCCNc1nc(C)cc(NCc2ccc(OC)c(OC)c2)n1. The molecule has 0 amide bonds. The van der Waals surface area contributed by atoms with E-state index in [1.54, 1.807) is 21.3 Å². The van der Waals surface area contributed by atoms with E-state index in [1.165, 1.54) is 0 Å². The Morgan fingerprint density at radius 3 is 2.46 bits per heavy atom. The van der Waals surface area contributed by atoms with Gasteiger partial charge < -0.3 is 24.8 Å². The molecule has 0 radical (unpaired) electrons. The second-order valence-electron chi connectivity index (χ2n) is 5.18. The zero-order chi connectivity index (χ0) is 17.4. The van der Waals surface area contributed by atoms with E-state index in [1.807, 2.05) is 31.2 Å². The number of aromatic nitrogens is 2. The molecule has 130 valence electrons.